The summed E-state index contributed by atoms with van der Waals surface area (Å²) < 4.78 is 40.7. The van der Waals surface area contributed by atoms with E-state index in [4.69, 9.17) is 5.73 Å². The molecule has 0 fully saturated rings. The minimum atomic E-state index is -4.69. The Bertz CT molecular complexity index is 382. The Morgan fingerprint density at radius 2 is 1.74 bits per heavy atom. The third kappa shape index (κ3) is 6.68. The van der Waals surface area contributed by atoms with Gasteiger partial charge >= 0.3 is 6.36 Å². The smallest absolute Gasteiger partial charge is 0.405 e. The number of benzene rings is 1. The van der Waals surface area contributed by atoms with Crippen molar-refractivity contribution in [1.82, 2.24) is 0 Å². The summed E-state index contributed by atoms with van der Waals surface area (Å²) in [7, 11) is 0. The van der Waals surface area contributed by atoms with E-state index in [-0.39, 0.29) is 18.2 Å². The lowest BCUT2D eigenvalue weighted by molar-refractivity contribution is -0.275. The lowest BCUT2D eigenvalue weighted by atomic mass is 9.98. The predicted octanol–water partition coefficient (Wildman–Crippen LogP) is 4.44. The maximum absolute atomic E-state index is 12.2. The van der Waals surface area contributed by atoms with Gasteiger partial charge in [0.15, 0.2) is 0 Å². The van der Waals surface area contributed by atoms with Crippen LogP contribution in [0.4, 0.5) is 13.2 Å². The molecule has 19 heavy (non-hydrogen) atoms. The summed E-state index contributed by atoms with van der Waals surface area (Å²) in [5.41, 5.74) is 6.31. The lowest BCUT2D eigenvalue weighted by Crippen LogP contribution is -2.20. The van der Waals surface area contributed by atoms with Crippen molar-refractivity contribution in [3.8, 4) is 5.75 Å². The number of rotatable bonds is 5. The van der Waals surface area contributed by atoms with Gasteiger partial charge in [-0.25, -0.2) is 0 Å². The van der Waals surface area contributed by atoms with Crippen LogP contribution in [0, 0.1) is 5.92 Å². The van der Waals surface area contributed by atoms with Crippen LogP contribution in [0.25, 0.3) is 0 Å². The Morgan fingerprint density at radius 3 is 2.26 bits per heavy atom. The van der Waals surface area contributed by atoms with Crippen LogP contribution in [-0.4, -0.2) is 6.36 Å². The molecule has 0 aliphatic heterocycles. The monoisotopic (exact) mass is 297 g/mol. The minimum Gasteiger partial charge on any atom is -0.405 e. The molecule has 0 aliphatic rings. The highest BCUT2D eigenvalue weighted by Gasteiger charge is 2.32. The first-order valence-corrected chi connectivity index (χ1v) is 5.90. The van der Waals surface area contributed by atoms with E-state index < -0.39 is 12.4 Å². The molecule has 0 amide bonds. The van der Waals surface area contributed by atoms with Crippen molar-refractivity contribution < 1.29 is 17.9 Å². The maximum Gasteiger partial charge on any atom is 0.573 e. The quantitative estimate of drug-likeness (QED) is 0.872. The fraction of sp³-hybridized carbons (Fsp3) is 0.538. The molecule has 0 heterocycles. The number of para-hydroxylation sites is 1. The van der Waals surface area contributed by atoms with E-state index in [1.54, 1.807) is 12.1 Å². The van der Waals surface area contributed by atoms with Crippen LogP contribution in [0.3, 0.4) is 0 Å². The second kappa shape index (κ2) is 7.60. The summed E-state index contributed by atoms with van der Waals surface area (Å²) in [6.07, 6.45) is -3.19. The first-order valence-electron chi connectivity index (χ1n) is 5.90. The van der Waals surface area contributed by atoms with Gasteiger partial charge in [-0.3, -0.25) is 0 Å². The molecule has 0 bridgehead atoms. The second-order valence-electron chi connectivity index (χ2n) is 4.66. The summed E-state index contributed by atoms with van der Waals surface area (Å²) >= 11 is 0. The van der Waals surface area contributed by atoms with Gasteiger partial charge in [0.1, 0.15) is 5.75 Å². The number of halogens is 4. The van der Waals surface area contributed by atoms with Crippen molar-refractivity contribution in [2.75, 3.05) is 0 Å². The fourth-order valence-corrected chi connectivity index (χ4v) is 1.67. The van der Waals surface area contributed by atoms with Gasteiger partial charge in [0.25, 0.3) is 0 Å². The molecule has 0 radical (unpaired) electrons. The number of ether oxygens (including phenoxy) is 1. The SMILES string of the molecule is CC(C)CC[C@@H](N)c1ccccc1OC(F)(F)F.Cl. The van der Waals surface area contributed by atoms with Gasteiger partial charge < -0.3 is 10.5 Å². The molecule has 1 aromatic carbocycles. The van der Waals surface area contributed by atoms with Crippen molar-refractivity contribution in [1.29, 1.82) is 0 Å². The second-order valence-corrected chi connectivity index (χ2v) is 4.66. The van der Waals surface area contributed by atoms with Crippen LogP contribution >= 0.6 is 12.4 Å². The molecule has 0 aromatic heterocycles. The van der Waals surface area contributed by atoms with Gasteiger partial charge in [0, 0.05) is 11.6 Å². The van der Waals surface area contributed by atoms with E-state index in [1.807, 2.05) is 13.8 Å². The highest BCUT2D eigenvalue weighted by molar-refractivity contribution is 5.85. The van der Waals surface area contributed by atoms with Gasteiger partial charge in [0.05, 0.1) is 0 Å². The number of hydrogen-bond donors (Lipinski definition) is 1. The standard InChI is InChI=1S/C13H18F3NO.ClH/c1-9(2)7-8-11(17)10-5-3-4-6-12(10)18-13(14,15)16;/h3-6,9,11H,7-8,17H2,1-2H3;1H/t11-;/m1./s1. The van der Waals surface area contributed by atoms with E-state index in [2.05, 4.69) is 4.74 Å². The average molecular weight is 298 g/mol. The Kier molecular flexibility index (Phi) is 7.23. The molecule has 2 N–H and O–H groups in total. The van der Waals surface area contributed by atoms with Crippen LogP contribution in [0.5, 0.6) is 5.75 Å². The summed E-state index contributed by atoms with van der Waals surface area (Å²) in [5, 5.41) is 0. The molecule has 0 aliphatic carbocycles. The van der Waals surface area contributed by atoms with Crippen LogP contribution in [0.2, 0.25) is 0 Å². The van der Waals surface area contributed by atoms with E-state index in [0.717, 1.165) is 6.42 Å². The summed E-state index contributed by atoms with van der Waals surface area (Å²) in [6, 6.07) is 5.59. The molecule has 1 atom stereocenters. The fourth-order valence-electron chi connectivity index (χ4n) is 1.67. The van der Waals surface area contributed by atoms with Crippen molar-refractivity contribution in [3.63, 3.8) is 0 Å². The molecule has 1 aromatic rings. The van der Waals surface area contributed by atoms with Crippen LogP contribution in [0.1, 0.15) is 38.3 Å². The lowest BCUT2D eigenvalue weighted by Gasteiger charge is -2.18. The number of nitrogens with two attached hydrogens (primary N) is 1. The topological polar surface area (TPSA) is 35.2 Å². The molecule has 0 spiro atoms. The van der Waals surface area contributed by atoms with Crippen molar-refractivity contribution in [2.24, 2.45) is 11.7 Å². The van der Waals surface area contributed by atoms with E-state index in [9.17, 15) is 13.2 Å². The van der Waals surface area contributed by atoms with Gasteiger partial charge in [-0.1, -0.05) is 32.0 Å². The summed E-state index contributed by atoms with van der Waals surface area (Å²) in [5.74, 6) is 0.257. The molecule has 2 nitrogen and oxygen atoms in total. The van der Waals surface area contributed by atoms with Gasteiger partial charge in [0.2, 0.25) is 0 Å². The zero-order valence-electron chi connectivity index (χ0n) is 10.9. The van der Waals surface area contributed by atoms with Gasteiger partial charge in [-0.15, -0.1) is 25.6 Å². The first kappa shape index (κ1) is 18.1. The van der Waals surface area contributed by atoms with Crippen molar-refractivity contribution in [2.45, 2.75) is 39.1 Å². The third-order valence-electron chi connectivity index (χ3n) is 2.60. The zero-order chi connectivity index (χ0) is 13.8. The number of alkyl halides is 3. The predicted molar refractivity (Wildman–Crippen MR) is 71.4 cm³/mol. The van der Waals surface area contributed by atoms with E-state index >= 15 is 0 Å². The van der Waals surface area contributed by atoms with E-state index in [0.29, 0.717) is 17.9 Å². The first-order chi connectivity index (χ1) is 8.29. The minimum absolute atomic E-state index is 0. The number of hydrogen-bond acceptors (Lipinski definition) is 2. The molecule has 0 unspecified atom stereocenters. The van der Waals surface area contributed by atoms with Crippen molar-refractivity contribution in [3.05, 3.63) is 29.8 Å². The average Bonchev–Trinajstić information content (AvgIpc) is 2.24. The highest BCUT2D eigenvalue weighted by Crippen LogP contribution is 2.31. The molecule has 0 saturated carbocycles. The molecular weight excluding hydrogens is 279 g/mol. The van der Waals surface area contributed by atoms with Crippen LogP contribution in [0.15, 0.2) is 24.3 Å². The summed E-state index contributed by atoms with van der Waals surface area (Å²) in [4.78, 5) is 0. The zero-order valence-corrected chi connectivity index (χ0v) is 11.7. The Balaban J connectivity index is 0.00000324. The third-order valence-corrected chi connectivity index (χ3v) is 2.60. The Morgan fingerprint density at radius 1 is 1.16 bits per heavy atom. The van der Waals surface area contributed by atoms with Gasteiger partial charge in [-0.2, -0.15) is 0 Å². The Labute approximate surface area is 117 Å². The highest BCUT2D eigenvalue weighted by atomic mass is 35.5. The molecule has 0 saturated heterocycles. The van der Waals surface area contributed by atoms with E-state index in [1.165, 1.54) is 12.1 Å². The molecular formula is C13H19ClF3NO. The Hall–Kier alpha value is -0.940. The molecule has 6 heteroatoms. The summed E-state index contributed by atoms with van der Waals surface area (Å²) in [6.45, 7) is 4.09. The largest absolute Gasteiger partial charge is 0.573 e. The van der Waals surface area contributed by atoms with Crippen molar-refractivity contribution >= 4 is 12.4 Å². The van der Waals surface area contributed by atoms with Crippen LogP contribution in [-0.2, 0) is 0 Å². The maximum atomic E-state index is 12.2. The normalized spacial score (nSPS) is 13.0. The van der Waals surface area contributed by atoms with Crippen LogP contribution < -0.4 is 10.5 Å². The van der Waals surface area contributed by atoms with Gasteiger partial charge in [-0.05, 0) is 24.8 Å². The molecule has 1 rings (SSSR count). The molecule has 110 valence electrons.